The van der Waals surface area contributed by atoms with Gasteiger partial charge in [0.05, 0.1) is 19.6 Å². The van der Waals surface area contributed by atoms with Gasteiger partial charge < -0.3 is 14.7 Å². The van der Waals surface area contributed by atoms with Gasteiger partial charge in [0.2, 0.25) is 5.91 Å². The molecule has 1 N–H and O–H groups in total. The van der Waals surface area contributed by atoms with Gasteiger partial charge in [-0.2, -0.15) is 0 Å². The molecule has 0 radical (unpaired) electrons. The molecule has 1 fully saturated rings. The molecule has 1 amide bonds. The van der Waals surface area contributed by atoms with Crippen LogP contribution in [0.4, 0.5) is 5.69 Å². The number of amides is 1. The first-order valence-corrected chi connectivity index (χ1v) is 4.94. The van der Waals surface area contributed by atoms with Gasteiger partial charge >= 0.3 is 0 Å². The van der Waals surface area contributed by atoms with Crippen molar-refractivity contribution in [2.24, 2.45) is 0 Å². The van der Waals surface area contributed by atoms with Crippen LogP contribution in [0.5, 0.6) is 5.75 Å². The predicted molar refractivity (Wildman–Crippen MR) is 55.9 cm³/mol. The molecule has 0 aromatic heterocycles. The summed E-state index contributed by atoms with van der Waals surface area (Å²) in [5.41, 5.74) is 0.727. The first-order valence-electron chi connectivity index (χ1n) is 4.94. The fourth-order valence-corrected chi connectivity index (χ4v) is 1.61. The zero-order valence-electron chi connectivity index (χ0n) is 8.35. The van der Waals surface area contributed by atoms with Crippen LogP contribution in [0.25, 0.3) is 0 Å². The number of carbonyl (C=O) groups is 1. The van der Waals surface area contributed by atoms with Crippen molar-refractivity contribution in [3.63, 3.8) is 0 Å². The van der Waals surface area contributed by atoms with Gasteiger partial charge in [-0.25, -0.2) is 0 Å². The van der Waals surface area contributed by atoms with Gasteiger partial charge in [-0.3, -0.25) is 4.79 Å². The minimum Gasteiger partial charge on any atom is -0.508 e. The van der Waals surface area contributed by atoms with E-state index in [9.17, 15) is 9.90 Å². The maximum Gasteiger partial charge on any atom is 0.229 e. The second kappa shape index (κ2) is 4.31. The van der Waals surface area contributed by atoms with Crippen molar-refractivity contribution >= 4 is 11.6 Å². The molecule has 0 atom stereocenters. The van der Waals surface area contributed by atoms with Crippen LogP contribution >= 0.6 is 0 Å². The predicted octanol–water partition coefficient (Wildman–Crippen LogP) is 1.15. The van der Waals surface area contributed by atoms with Crippen LogP contribution in [0.3, 0.4) is 0 Å². The number of aromatic hydroxyl groups is 1. The number of phenolic OH excluding ortho intramolecular Hbond substituents is 1. The first-order chi connectivity index (χ1) is 7.27. The minimum absolute atomic E-state index is 0.0399. The molecule has 1 aromatic rings. The monoisotopic (exact) mass is 207 g/mol. The highest BCUT2D eigenvalue weighted by Gasteiger charge is 2.18. The van der Waals surface area contributed by atoms with Crippen LogP contribution in [0, 0.1) is 0 Å². The molecule has 15 heavy (non-hydrogen) atoms. The summed E-state index contributed by atoms with van der Waals surface area (Å²) >= 11 is 0. The van der Waals surface area contributed by atoms with E-state index in [-0.39, 0.29) is 11.7 Å². The highest BCUT2D eigenvalue weighted by molar-refractivity contribution is 5.93. The lowest BCUT2D eigenvalue weighted by molar-refractivity contribution is -0.118. The summed E-state index contributed by atoms with van der Waals surface area (Å²) in [6, 6.07) is 6.71. The molecular formula is C11H13NO3. The zero-order valence-corrected chi connectivity index (χ0v) is 8.35. The summed E-state index contributed by atoms with van der Waals surface area (Å²) < 4.78 is 5.22. The minimum atomic E-state index is 0.0399. The number of nitrogens with zero attached hydrogens (tertiary/aromatic N) is 1. The average molecular weight is 207 g/mol. The number of phenols is 1. The van der Waals surface area contributed by atoms with Gasteiger partial charge in [-0.05, 0) is 12.1 Å². The Balaban J connectivity index is 2.24. The Bertz CT molecular complexity index is 365. The van der Waals surface area contributed by atoms with E-state index >= 15 is 0 Å². The van der Waals surface area contributed by atoms with Crippen molar-refractivity contribution in [3.8, 4) is 5.75 Å². The molecule has 0 saturated carbocycles. The summed E-state index contributed by atoms with van der Waals surface area (Å²) in [5.74, 6) is 0.212. The topological polar surface area (TPSA) is 49.8 Å². The Morgan fingerprint density at radius 1 is 1.33 bits per heavy atom. The standard InChI is InChI=1S/C11H13NO3/c13-10-3-1-2-9(8-10)12-5-7-15-6-4-11(12)14/h1-3,8,13H,4-7H2. The van der Waals surface area contributed by atoms with E-state index in [1.54, 1.807) is 23.1 Å². The number of rotatable bonds is 1. The highest BCUT2D eigenvalue weighted by atomic mass is 16.5. The second-order valence-corrected chi connectivity index (χ2v) is 3.43. The molecule has 0 spiro atoms. The summed E-state index contributed by atoms with van der Waals surface area (Å²) in [5, 5.41) is 9.33. The molecule has 1 aliphatic rings. The molecule has 1 aromatic carbocycles. The third-order valence-corrected chi connectivity index (χ3v) is 2.36. The smallest absolute Gasteiger partial charge is 0.229 e. The third kappa shape index (κ3) is 2.27. The fourth-order valence-electron chi connectivity index (χ4n) is 1.61. The maximum atomic E-state index is 11.7. The van der Waals surface area contributed by atoms with Crippen molar-refractivity contribution in [1.29, 1.82) is 0 Å². The second-order valence-electron chi connectivity index (χ2n) is 3.43. The lowest BCUT2D eigenvalue weighted by atomic mass is 10.2. The molecule has 0 aliphatic carbocycles. The van der Waals surface area contributed by atoms with Crippen molar-refractivity contribution < 1.29 is 14.6 Å². The average Bonchev–Trinajstić information content (AvgIpc) is 2.43. The summed E-state index contributed by atoms with van der Waals surface area (Å²) in [6.07, 6.45) is 0.398. The Kier molecular flexibility index (Phi) is 2.87. The van der Waals surface area contributed by atoms with Crippen LogP contribution in [0.15, 0.2) is 24.3 Å². The molecular weight excluding hydrogens is 194 g/mol. The van der Waals surface area contributed by atoms with E-state index in [0.29, 0.717) is 26.2 Å². The van der Waals surface area contributed by atoms with E-state index in [0.717, 1.165) is 5.69 Å². The quantitative estimate of drug-likeness (QED) is 0.751. The number of hydrogen-bond acceptors (Lipinski definition) is 3. The van der Waals surface area contributed by atoms with Gasteiger partial charge in [0.25, 0.3) is 0 Å². The van der Waals surface area contributed by atoms with E-state index in [2.05, 4.69) is 0 Å². The van der Waals surface area contributed by atoms with Crippen LogP contribution in [0.1, 0.15) is 6.42 Å². The lowest BCUT2D eigenvalue weighted by Crippen LogP contribution is -2.31. The van der Waals surface area contributed by atoms with Gasteiger partial charge in [0, 0.05) is 18.3 Å². The Morgan fingerprint density at radius 2 is 2.20 bits per heavy atom. The van der Waals surface area contributed by atoms with Gasteiger partial charge in [-0.15, -0.1) is 0 Å². The molecule has 80 valence electrons. The summed E-state index contributed by atoms with van der Waals surface area (Å²) in [7, 11) is 0. The van der Waals surface area contributed by atoms with E-state index in [4.69, 9.17) is 4.74 Å². The summed E-state index contributed by atoms with van der Waals surface area (Å²) in [6.45, 7) is 1.57. The number of ether oxygens (including phenoxy) is 1. The number of carbonyl (C=O) groups excluding carboxylic acids is 1. The fraction of sp³-hybridized carbons (Fsp3) is 0.364. The van der Waals surface area contributed by atoms with Crippen LogP contribution in [0.2, 0.25) is 0 Å². The number of anilines is 1. The Labute approximate surface area is 88.1 Å². The third-order valence-electron chi connectivity index (χ3n) is 2.36. The molecule has 4 heteroatoms. The largest absolute Gasteiger partial charge is 0.508 e. The van der Waals surface area contributed by atoms with Crippen LogP contribution in [-0.4, -0.2) is 30.8 Å². The molecule has 0 unspecified atom stereocenters. The molecule has 0 bridgehead atoms. The highest BCUT2D eigenvalue weighted by Crippen LogP contribution is 2.21. The van der Waals surface area contributed by atoms with Gasteiger partial charge in [-0.1, -0.05) is 6.07 Å². The van der Waals surface area contributed by atoms with Crippen molar-refractivity contribution in [2.75, 3.05) is 24.7 Å². The first kappa shape index (κ1) is 9.98. The van der Waals surface area contributed by atoms with E-state index < -0.39 is 0 Å². The van der Waals surface area contributed by atoms with Crippen molar-refractivity contribution in [3.05, 3.63) is 24.3 Å². The normalized spacial score (nSPS) is 17.6. The lowest BCUT2D eigenvalue weighted by Gasteiger charge is -2.19. The number of hydrogen-bond donors (Lipinski definition) is 1. The van der Waals surface area contributed by atoms with Gasteiger partial charge in [0.15, 0.2) is 0 Å². The van der Waals surface area contributed by atoms with Crippen LogP contribution in [-0.2, 0) is 9.53 Å². The van der Waals surface area contributed by atoms with Crippen molar-refractivity contribution in [2.45, 2.75) is 6.42 Å². The number of benzene rings is 1. The maximum absolute atomic E-state index is 11.7. The summed E-state index contributed by atoms with van der Waals surface area (Å²) in [4.78, 5) is 13.3. The Morgan fingerprint density at radius 3 is 3.00 bits per heavy atom. The molecule has 1 saturated heterocycles. The molecule has 2 rings (SSSR count). The van der Waals surface area contributed by atoms with Gasteiger partial charge in [0.1, 0.15) is 5.75 Å². The molecule has 1 heterocycles. The molecule has 4 nitrogen and oxygen atoms in total. The SMILES string of the molecule is O=C1CCOCCN1c1cccc(O)c1. The van der Waals surface area contributed by atoms with E-state index in [1.807, 2.05) is 6.07 Å². The van der Waals surface area contributed by atoms with Crippen molar-refractivity contribution in [1.82, 2.24) is 0 Å². The molecule has 1 aliphatic heterocycles. The van der Waals surface area contributed by atoms with E-state index in [1.165, 1.54) is 0 Å². The zero-order chi connectivity index (χ0) is 10.7. The Hall–Kier alpha value is -1.55. The van der Waals surface area contributed by atoms with Crippen LogP contribution < -0.4 is 4.90 Å².